The summed E-state index contributed by atoms with van der Waals surface area (Å²) in [4.78, 5) is 16.0. The smallest absolute Gasteiger partial charge is 0.0806 e. The largest absolute Gasteiger partial charge is 0.290 e. The van der Waals surface area contributed by atoms with Crippen molar-refractivity contribution in [2.24, 2.45) is 9.98 Å². The van der Waals surface area contributed by atoms with Crippen molar-refractivity contribution >= 4 is 12.4 Å². The lowest BCUT2D eigenvalue weighted by molar-refractivity contribution is 0.0572. The van der Waals surface area contributed by atoms with Crippen LogP contribution < -0.4 is 0 Å². The zero-order valence-electron chi connectivity index (χ0n) is 27.8. The van der Waals surface area contributed by atoms with Crippen LogP contribution in [0.15, 0.2) is 58.5 Å². The minimum atomic E-state index is 0.0404. The summed E-state index contributed by atoms with van der Waals surface area (Å²) in [5.41, 5.74) is 6.22. The molecule has 1 spiro atoms. The molecule has 0 saturated heterocycles. The Morgan fingerprint density at radius 3 is 1.20 bits per heavy atom. The third-order valence-electron chi connectivity index (χ3n) is 9.82. The Balaban J connectivity index is 1.55. The minimum Gasteiger partial charge on any atom is -0.290 e. The molecule has 0 amide bonds. The average Bonchev–Trinajstić information content (AvgIpc) is 3.00. The zero-order chi connectivity index (χ0) is 30.2. The van der Waals surface area contributed by atoms with Gasteiger partial charge >= 0.3 is 0 Å². The van der Waals surface area contributed by atoms with Crippen LogP contribution in [0, 0.1) is 0 Å². The highest BCUT2D eigenvalue weighted by molar-refractivity contribution is 5.74. The van der Waals surface area contributed by atoms with E-state index in [-0.39, 0.29) is 39.7 Å². The molecule has 0 aromatic heterocycles. The van der Waals surface area contributed by atoms with E-state index in [0.29, 0.717) is 11.8 Å². The SMILES string of the molecule is CC(C)(C)N(CC=N[C@@H]1C2c3ccccc3C23c2ccccc2C3[C@H]1N=CCN(C(C)(C)C)C(C)(C)C)C(C)(C)C. The highest BCUT2D eigenvalue weighted by Crippen LogP contribution is 2.76. The Morgan fingerprint density at radius 2 is 0.878 bits per heavy atom. The van der Waals surface area contributed by atoms with Crippen molar-refractivity contribution in [2.75, 3.05) is 13.1 Å². The predicted octanol–water partition coefficient (Wildman–Crippen LogP) is 7.86. The van der Waals surface area contributed by atoms with Crippen molar-refractivity contribution in [3.05, 3.63) is 70.8 Å². The van der Waals surface area contributed by atoms with Crippen LogP contribution in [0.2, 0.25) is 0 Å². The van der Waals surface area contributed by atoms with Crippen molar-refractivity contribution in [1.29, 1.82) is 0 Å². The number of hydrogen-bond acceptors (Lipinski definition) is 4. The molecule has 0 bridgehead atoms. The monoisotopic (exact) mass is 554 g/mol. The predicted molar refractivity (Wildman–Crippen MR) is 176 cm³/mol. The summed E-state index contributed by atoms with van der Waals surface area (Å²) >= 11 is 0. The van der Waals surface area contributed by atoms with Crippen LogP contribution in [0.5, 0.6) is 0 Å². The van der Waals surface area contributed by atoms with E-state index in [2.05, 4.69) is 154 Å². The van der Waals surface area contributed by atoms with Gasteiger partial charge in [0.25, 0.3) is 0 Å². The molecule has 5 rings (SSSR count). The van der Waals surface area contributed by atoms with Gasteiger partial charge in [-0.1, -0.05) is 48.5 Å². The number of aliphatic imine (C=N–C) groups is 2. The molecule has 41 heavy (non-hydrogen) atoms. The molecule has 2 unspecified atom stereocenters. The van der Waals surface area contributed by atoms with Crippen LogP contribution >= 0.6 is 0 Å². The summed E-state index contributed by atoms with van der Waals surface area (Å²) in [7, 11) is 0. The van der Waals surface area contributed by atoms with Crippen LogP contribution in [-0.4, -0.2) is 69.6 Å². The third kappa shape index (κ3) is 4.83. The molecule has 1 saturated carbocycles. The van der Waals surface area contributed by atoms with Gasteiger partial charge < -0.3 is 0 Å². The van der Waals surface area contributed by atoms with Gasteiger partial charge in [-0.05, 0) is 105 Å². The Morgan fingerprint density at radius 1 is 0.561 bits per heavy atom. The highest BCUT2D eigenvalue weighted by atomic mass is 15.2. The summed E-state index contributed by atoms with van der Waals surface area (Å²) in [6.07, 6.45) is 4.43. The van der Waals surface area contributed by atoms with E-state index < -0.39 is 0 Å². The van der Waals surface area contributed by atoms with Crippen molar-refractivity contribution < 1.29 is 0 Å². The molecule has 2 aromatic carbocycles. The molecule has 4 nitrogen and oxygen atoms in total. The Labute approximate surface area is 250 Å². The molecular weight excluding hydrogens is 500 g/mol. The van der Waals surface area contributed by atoms with Gasteiger partial charge in [-0.15, -0.1) is 0 Å². The molecular formula is C37H54N4. The maximum Gasteiger partial charge on any atom is 0.0806 e. The maximum absolute atomic E-state index is 5.47. The van der Waals surface area contributed by atoms with Gasteiger partial charge in [-0.3, -0.25) is 19.8 Å². The molecule has 4 heteroatoms. The number of rotatable bonds is 6. The van der Waals surface area contributed by atoms with E-state index in [1.807, 2.05) is 0 Å². The fourth-order valence-electron chi connectivity index (χ4n) is 8.89. The quantitative estimate of drug-likeness (QED) is 0.340. The van der Waals surface area contributed by atoms with Crippen LogP contribution in [-0.2, 0) is 5.41 Å². The van der Waals surface area contributed by atoms with Crippen molar-refractivity contribution in [3.8, 4) is 0 Å². The van der Waals surface area contributed by atoms with E-state index in [1.54, 1.807) is 0 Å². The molecule has 0 heterocycles. The van der Waals surface area contributed by atoms with E-state index in [4.69, 9.17) is 9.98 Å². The van der Waals surface area contributed by atoms with Gasteiger partial charge in [0, 0.05) is 64.9 Å². The molecule has 0 aliphatic heterocycles. The second-order valence-electron chi connectivity index (χ2n) is 16.5. The molecule has 1 fully saturated rings. The van der Waals surface area contributed by atoms with Gasteiger partial charge in [-0.2, -0.15) is 0 Å². The summed E-state index contributed by atoms with van der Waals surface area (Å²) < 4.78 is 0. The lowest BCUT2D eigenvalue weighted by Gasteiger charge is -2.58. The Hall–Kier alpha value is -2.30. The Bertz CT molecular complexity index is 1190. The molecule has 3 aliphatic carbocycles. The fraction of sp³-hybridized carbons (Fsp3) is 0.622. The standard InChI is InChI=1S/C37H54N4/c1-33(2,3)40(34(4,5)6)23-21-38-31-29-25-17-13-15-19-27(25)37(29)28-20-16-14-18-26(28)30(37)32(31)39-22-24-41(35(7,8)9)36(10,11)12/h13-22,29-32H,23-24H2,1-12H3/t29?,30?,31-,32-,37?/m1/s1. The van der Waals surface area contributed by atoms with Crippen LogP contribution in [0.3, 0.4) is 0 Å². The number of fused-ring (bicyclic) bond motifs is 4. The molecule has 3 aliphatic rings. The van der Waals surface area contributed by atoms with Crippen molar-refractivity contribution in [3.63, 3.8) is 0 Å². The molecule has 2 aromatic rings. The third-order valence-corrected chi connectivity index (χ3v) is 9.82. The maximum atomic E-state index is 5.47. The molecule has 0 N–H and O–H groups in total. The first-order valence-corrected chi connectivity index (χ1v) is 15.7. The molecule has 0 radical (unpaired) electrons. The second-order valence-corrected chi connectivity index (χ2v) is 16.5. The van der Waals surface area contributed by atoms with E-state index in [9.17, 15) is 0 Å². The minimum absolute atomic E-state index is 0.0404. The van der Waals surface area contributed by atoms with Gasteiger partial charge in [-0.25, -0.2) is 0 Å². The van der Waals surface area contributed by atoms with Gasteiger partial charge in [0.05, 0.1) is 12.1 Å². The second kappa shape index (κ2) is 9.88. The van der Waals surface area contributed by atoms with Crippen LogP contribution in [0.1, 0.15) is 117 Å². The molecule has 222 valence electrons. The fourth-order valence-corrected chi connectivity index (χ4v) is 8.89. The van der Waals surface area contributed by atoms with Crippen molar-refractivity contribution in [2.45, 2.75) is 135 Å². The van der Waals surface area contributed by atoms with Gasteiger partial charge in [0.1, 0.15) is 0 Å². The van der Waals surface area contributed by atoms with E-state index in [0.717, 1.165) is 13.1 Å². The van der Waals surface area contributed by atoms with E-state index in [1.165, 1.54) is 22.3 Å². The van der Waals surface area contributed by atoms with E-state index >= 15 is 0 Å². The van der Waals surface area contributed by atoms with Gasteiger partial charge in [0.15, 0.2) is 0 Å². The number of nitrogens with zero attached hydrogens (tertiary/aromatic N) is 4. The first-order valence-electron chi connectivity index (χ1n) is 15.7. The summed E-state index contributed by atoms with van der Waals surface area (Å²) in [6.45, 7) is 29.3. The first kappa shape index (κ1) is 30.2. The van der Waals surface area contributed by atoms with Crippen LogP contribution in [0.4, 0.5) is 0 Å². The lowest BCUT2D eigenvalue weighted by Crippen LogP contribution is -2.53. The number of hydrogen-bond donors (Lipinski definition) is 0. The van der Waals surface area contributed by atoms with Crippen LogP contribution in [0.25, 0.3) is 0 Å². The summed E-state index contributed by atoms with van der Waals surface area (Å²) in [6, 6.07) is 18.5. The van der Waals surface area contributed by atoms with Crippen molar-refractivity contribution in [1.82, 2.24) is 9.80 Å². The number of benzene rings is 2. The normalized spacial score (nSPS) is 27.6. The van der Waals surface area contributed by atoms with Gasteiger partial charge in [0.2, 0.25) is 0 Å². The topological polar surface area (TPSA) is 31.2 Å². The Kier molecular flexibility index (Phi) is 7.27. The summed E-state index contributed by atoms with van der Waals surface area (Å²) in [5.74, 6) is 0.743. The average molecular weight is 555 g/mol. The zero-order valence-corrected chi connectivity index (χ0v) is 27.8. The highest BCUT2D eigenvalue weighted by Gasteiger charge is 2.74. The molecule has 4 atom stereocenters. The summed E-state index contributed by atoms with van der Waals surface area (Å²) in [5, 5.41) is 0. The lowest BCUT2D eigenvalue weighted by atomic mass is 9.43. The first-order chi connectivity index (χ1) is 18.9.